The Morgan fingerprint density at radius 2 is 1.76 bits per heavy atom. The molecule has 5 heteroatoms. The van der Waals surface area contributed by atoms with Crippen LogP contribution >= 0.6 is 0 Å². The fourth-order valence-corrected chi connectivity index (χ4v) is 3.71. The Balaban J connectivity index is 1.60. The highest BCUT2D eigenvalue weighted by molar-refractivity contribution is 6.07. The summed E-state index contributed by atoms with van der Waals surface area (Å²) >= 11 is 0. The average Bonchev–Trinajstić information content (AvgIpc) is 3.55. The molecule has 1 aliphatic rings. The van der Waals surface area contributed by atoms with Gasteiger partial charge in [0.15, 0.2) is 0 Å². The van der Waals surface area contributed by atoms with E-state index >= 15 is 0 Å². The molecule has 0 atom stereocenters. The minimum Gasteiger partial charge on any atom is -0.335 e. The van der Waals surface area contributed by atoms with Gasteiger partial charge in [-0.3, -0.25) is 4.79 Å². The highest BCUT2D eigenvalue weighted by atomic mass is 16.5. The highest BCUT2D eigenvalue weighted by Gasteiger charge is 2.34. The summed E-state index contributed by atoms with van der Waals surface area (Å²) in [6.45, 7) is 2.45. The number of carbonyl (C=O) groups is 1. The smallest absolute Gasteiger partial charge is 0.259 e. The van der Waals surface area contributed by atoms with Crippen molar-refractivity contribution in [2.75, 3.05) is 0 Å². The molecule has 0 unspecified atom stereocenters. The van der Waals surface area contributed by atoms with Gasteiger partial charge in [0.1, 0.15) is 0 Å². The number of hydrogen-bond acceptors (Lipinski definition) is 4. The highest BCUT2D eigenvalue weighted by Crippen LogP contribution is 2.33. The van der Waals surface area contributed by atoms with Gasteiger partial charge >= 0.3 is 0 Å². The van der Waals surface area contributed by atoms with Crippen LogP contribution in [0.2, 0.25) is 0 Å². The lowest BCUT2D eigenvalue weighted by Crippen LogP contribution is -2.32. The second-order valence-electron chi connectivity index (χ2n) is 7.52. The van der Waals surface area contributed by atoms with E-state index in [9.17, 15) is 4.79 Å². The van der Waals surface area contributed by atoms with Crippen molar-refractivity contribution in [1.82, 2.24) is 15.0 Å². The second-order valence-corrected chi connectivity index (χ2v) is 7.52. The summed E-state index contributed by atoms with van der Waals surface area (Å²) < 4.78 is 5.44. The largest absolute Gasteiger partial charge is 0.335 e. The first-order valence-electron chi connectivity index (χ1n) is 9.88. The van der Waals surface area contributed by atoms with Crippen LogP contribution in [0.1, 0.15) is 34.5 Å². The molecule has 29 heavy (non-hydrogen) atoms. The molecule has 0 saturated heterocycles. The summed E-state index contributed by atoms with van der Waals surface area (Å²) in [5, 5.41) is 4.77. The third-order valence-corrected chi connectivity index (χ3v) is 5.36. The Bertz CT molecular complexity index is 1160. The van der Waals surface area contributed by atoms with Crippen molar-refractivity contribution in [2.45, 2.75) is 32.4 Å². The Labute approximate surface area is 169 Å². The molecule has 0 bridgehead atoms. The van der Waals surface area contributed by atoms with E-state index < -0.39 is 0 Å². The van der Waals surface area contributed by atoms with E-state index in [0.29, 0.717) is 34.6 Å². The van der Waals surface area contributed by atoms with Crippen molar-refractivity contribution in [1.29, 1.82) is 0 Å². The Hall–Kier alpha value is -3.47. The summed E-state index contributed by atoms with van der Waals surface area (Å²) in [7, 11) is 0. The summed E-state index contributed by atoms with van der Waals surface area (Å²) in [5.74, 6) is 0.00670. The maximum Gasteiger partial charge on any atom is 0.259 e. The first-order chi connectivity index (χ1) is 14.2. The molecule has 1 aliphatic carbocycles. The molecular weight excluding hydrogens is 362 g/mol. The molecule has 0 aliphatic heterocycles. The third kappa shape index (κ3) is 3.40. The zero-order valence-electron chi connectivity index (χ0n) is 16.2. The van der Waals surface area contributed by atoms with Crippen molar-refractivity contribution in [2.24, 2.45) is 0 Å². The van der Waals surface area contributed by atoms with E-state index in [-0.39, 0.29) is 11.9 Å². The zero-order chi connectivity index (χ0) is 19.8. The number of hydrogen-bond donors (Lipinski definition) is 0. The summed E-state index contributed by atoms with van der Waals surface area (Å²) in [4.78, 5) is 20.3. The molecule has 0 radical (unpaired) electrons. The van der Waals surface area contributed by atoms with Crippen LogP contribution in [-0.2, 0) is 6.54 Å². The van der Waals surface area contributed by atoms with Crippen LogP contribution in [0.3, 0.4) is 0 Å². The van der Waals surface area contributed by atoms with Crippen LogP contribution < -0.4 is 0 Å². The SMILES string of the molecule is Cc1noc2nc(-c3ccccc3)cc(C(=O)N(Cc3ccccc3)C3CC3)c12. The van der Waals surface area contributed by atoms with Gasteiger partial charge in [-0.2, -0.15) is 0 Å². The molecule has 2 aromatic heterocycles. The number of aromatic nitrogens is 2. The Morgan fingerprint density at radius 1 is 1.07 bits per heavy atom. The molecule has 1 fully saturated rings. The maximum absolute atomic E-state index is 13.7. The molecule has 2 aromatic carbocycles. The minimum absolute atomic E-state index is 0.00670. The van der Waals surface area contributed by atoms with Crippen LogP contribution in [0.15, 0.2) is 71.3 Å². The number of aryl methyl sites for hydroxylation is 1. The molecule has 1 amide bonds. The number of fused-ring (bicyclic) bond motifs is 1. The lowest BCUT2D eigenvalue weighted by molar-refractivity contribution is 0.0732. The van der Waals surface area contributed by atoms with E-state index in [0.717, 1.165) is 24.0 Å². The van der Waals surface area contributed by atoms with Crippen LogP contribution in [0.5, 0.6) is 0 Å². The lowest BCUT2D eigenvalue weighted by atomic mass is 10.0. The summed E-state index contributed by atoms with van der Waals surface area (Å²) in [6, 6.07) is 22.1. The number of pyridine rings is 1. The van der Waals surface area contributed by atoms with Gasteiger partial charge in [0.25, 0.3) is 11.6 Å². The molecule has 4 aromatic rings. The first-order valence-corrected chi connectivity index (χ1v) is 9.88. The molecule has 2 heterocycles. The molecule has 144 valence electrons. The van der Waals surface area contributed by atoms with Gasteiger partial charge in [-0.25, -0.2) is 4.98 Å². The van der Waals surface area contributed by atoms with Gasteiger partial charge in [-0.05, 0) is 31.4 Å². The average molecular weight is 383 g/mol. The van der Waals surface area contributed by atoms with Crippen molar-refractivity contribution in [3.63, 3.8) is 0 Å². The quantitative estimate of drug-likeness (QED) is 0.486. The number of carbonyl (C=O) groups excluding carboxylic acids is 1. The van der Waals surface area contributed by atoms with E-state index in [2.05, 4.69) is 22.3 Å². The van der Waals surface area contributed by atoms with Crippen molar-refractivity contribution in [3.8, 4) is 11.3 Å². The van der Waals surface area contributed by atoms with Gasteiger partial charge in [-0.1, -0.05) is 65.8 Å². The van der Waals surface area contributed by atoms with Gasteiger partial charge in [0, 0.05) is 18.2 Å². The lowest BCUT2D eigenvalue weighted by Gasteiger charge is -2.23. The van der Waals surface area contributed by atoms with E-state index in [1.54, 1.807) is 0 Å². The van der Waals surface area contributed by atoms with Crippen LogP contribution in [-0.4, -0.2) is 27.0 Å². The maximum atomic E-state index is 13.7. The fraction of sp³-hybridized carbons (Fsp3) is 0.208. The first kappa shape index (κ1) is 17.6. The fourth-order valence-electron chi connectivity index (χ4n) is 3.71. The van der Waals surface area contributed by atoms with Crippen LogP contribution in [0.4, 0.5) is 0 Å². The van der Waals surface area contributed by atoms with Crippen LogP contribution in [0, 0.1) is 6.92 Å². The van der Waals surface area contributed by atoms with Crippen molar-refractivity contribution in [3.05, 3.63) is 83.6 Å². The monoisotopic (exact) mass is 383 g/mol. The number of nitrogens with zero attached hydrogens (tertiary/aromatic N) is 3. The Kier molecular flexibility index (Phi) is 4.35. The second kappa shape index (κ2) is 7.17. The third-order valence-electron chi connectivity index (χ3n) is 5.36. The van der Waals surface area contributed by atoms with E-state index in [1.807, 2.05) is 66.4 Å². The zero-order valence-corrected chi connectivity index (χ0v) is 16.2. The molecule has 5 nitrogen and oxygen atoms in total. The predicted octanol–water partition coefficient (Wildman–Crippen LogP) is 5.00. The van der Waals surface area contributed by atoms with Crippen molar-refractivity contribution < 1.29 is 9.32 Å². The predicted molar refractivity (Wildman–Crippen MR) is 111 cm³/mol. The van der Waals surface area contributed by atoms with Gasteiger partial charge in [0.2, 0.25) is 0 Å². The number of benzene rings is 2. The normalized spacial score (nSPS) is 13.6. The standard InChI is InChI=1S/C24H21N3O2/c1-16-22-20(14-21(25-23(22)29-26-16)18-10-6-3-7-11-18)24(28)27(19-12-13-19)15-17-8-4-2-5-9-17/h2-11,14,19H,12-13,15H2,1H3. The van der Waals surface area contributed by atoms with Gasteiger partial charge in [-0.15, -0.1) is 0 Å². The van der Waals surface area contributed by atoms with E-state index in [4.69, 9.17) is 4.52 Å². The molecule has 1 saturated carbocycles. The number of rotatable bonds is 5. The van der Waals surface area contributed by atoms with E-state index in [1.165, 1.54) is 0 Å². The Morgan fingerprint density at radius 3 is 2.45 bits per heavy atom. The van der Waals surface area contributed by atoms with Gasteiger partial charge in [0.05, 0.1) is 22.3 Å². The number of amides is 1. The molecule has 5 rings (SSSR count). The summed E-state index contributed by atoms with van der Waals surface area (Å²) in [5.41, 5.74) is 4.49. The molecule has 0 N–H and O–H groups in total. The van der Waals surface area contributed by atoms with Crippen LogP contribution in [0.25, 0.3) is 22.4 Å². The van der Waals surface area contributed by atoms with Gasteiger partial charge < -0.3 is 9.42 Å². The minimum atomic E-state index is 0.00670. The summed E-state index contributed by atoms with van der Waals surface area (Å²) in [6.07, 6.45) is 2.09. The molecular formula is C24H21N3O2. The topological polar surface area (TPSA) is 59.2 Å². The molecule has 0 spiro atoms. The van der Waals surface area contributed by atoms with Crippen molar-refractivity contribution >= 4 is 17.0 Å².